The van der Waals surface area contributed by atoms with Crippen molar-refractivity contribution < 1.29 is 5.11 Å². The maximum atomic E-state index is 9.42. The Bertz CT molecular complexity index is 405. The molecule has 0 bridgehead atoms. The van der Waals surface area contributed by atoms with Crippen molar-refractivity contribution in [2.75, 3.05) is 11.9 Å². The third-order valence-corrected chi connectivity index (χ3v) is 3.11. The number of nitrogens with zero attached hydrogens (tertiary/aromatic N) is 2. The van der Waals surface area contributed by atoms with Crippen LogP contribution in [0.25, 0.3) is 0 Å². The average molecular weight is 217 g/mol. The van der Waals surface area contributed by atoms with Crippen LogP contribution in [0.4, 0.5) is 5.82 Å². The molecule has 1 atom stereocenters. The van der Waals surface area contributed by atoms with E-state index in [1.807, 2.05) is 13.0 Å². The van der Waals surface area contributed by atoms with Crippen LogP contribution in [0.2, 0.25) is 0 Å². The van der Waals surface area contributed by atoms with Crippen LogP contribution in [0.15, 0.2) is 18.3 Å². The molecule has 4 heteroatoms. The Morgan fingerprint density at radius 3 is 2.81 bits per heavy atom. The van der Waals surface area contributed by atoms with E-state index in [-0.39, 0.29) is 12.1 Å². The normalized spacial score (nSPS) is 18.6. The second-order valence-electron chi connectivity index (χ2n) is 4.52. The number of pyridine rings is 1. The number of aliphatic hydroxyl groups excluding tert-OH is 1. The predicted octanol–water partition coefficient (Wildman–Crippen LogP) is 1.53. The Kier molecular flexibility index (Phi) is 2.80. The third kappa shape index (κ3) is 2.15. The van der Waals surface area contributed by atoms with Gasteiger partial charge < -0.3 is 10.4 Å². The first-order chi connectivity index (χ1) is 7.68. The molecule has 1 aromatic heterocycles. The molecule has 84 valence electrons. The molecule has 0 aliphatic heterocycles. The summed E-state index contributed by atoms with van der Waals surface area (Å²) >= 11 is 0. The number of hydrogen-bond donors (Lipinski definition) is 2. The van der Waals surface area contributed by atoms with Gasteiger partial charge in [-0.2, -0.15) is 5.26 Å². The second-order valence-corrected chi connectivity index (χ2v) is 4.52. The smallest absolute Gasteiger partial charge is 0.126 e. The largest absolute Gasteiger partial charge is 0.394 e. The summed E-state index contributed by atoms with van der Waals surface area (Å²) in [6.45, 7) is 2.10. The van der Waals surface area contributed by atoms with E-state index in [1.54, 1.807) is 12.1 Å². The quantitative estimate of drug-likeness (QED) is 0.802. The van der Waals surface area contributed by atoms with E-state index in [2.05, 4.69) is 10.3 Å². The summed E-state index contributed by atoms with van der Waals surface area (Å²) in [7, 11) is 0. The van der Waals surface area contributed by atoms with E-state index in [1.165, 1.54) is 6.20 Å². The topological polar surface area (TPSA) is 68.9 Å². The monoisotopic (exact) mass is 217 g/mol. The van der Waals surface area contributed by atoms with Gasteiger partial charge in [-0.05, 0) is 37.8 Å². The fourth-order valence-electron chi connectivity index (χ4n) is 1.82. The minimum atomic E-state index is -0.291. The van der Waals surface area contributed by atoms with E-state index in [0.29, 0.717) is 17.3 Å². The van der Waals surface area contributed by atoms with Crippen LogP contribution in [-0.2, 0) is 0 Å². The van der Waals surface area contributed by atoms with Gasteiger partial charge in [-0.15, -0.1) is 0 Å². The van der Waals surface area contributed by atoms with Crippen LogP contribution in [0.1, 0.15) is 25.3 Å². The van der Waals surface area contributed by atoms with Crippen LogP contribution in [0, 0.1) is 17.2 Å². The number of anilines is 1. The van der Waals surface area contributed by atoms with E-state index < -0.39 is 0 Å². The van der Waals surface area contributed by atoms with Gasteiger partial charge in [0.2, 0.25) is 0 Å². The average Bonchev–Trinajstić information content (AvgIpc) is 3.14. The number of aliphatic hydroxyl groups is 1. The highest BCUT2D eigenvalue weighted by Gasteiger charge is 2.41. The fraction of sp³-hybridized carbons (Fsp3) is 0.500. The van der Waals surface area contributed by atoms with Crippen molar-refractivity contribution in [1.29, 1.82) is 5.26 Å². The van der Waals surface area contributed by atoms with Crippen molar-refractivity contribution in [2.45, 2.75) is 25.3 Å². The van der Waals surface area contributed by atoms with Gasteiger partial charge in [0.1, 0.15) is 11.9 Å². The molecule has 1 saturated carbocycles. The highest BCUT2D eigenvalue weighted by atomic mass is 16.3. The van der Waals surface area contributed by atoms with Crippen LogP contribution in [-0.4, -0.2) is 22.2 Å². The first kappa shape index (κ1) is 10.9. The minimum Gasteiger partial charge on any atom is -0.394 e. The molecule has 4 nitrogen and oxygen atoms in total. The molecule has 1 fully saturated rings. The second kappa shape index (κ2) is 4.11. The van der Waals surface area contributed by atoms with Crippen LogP contribution >= 0.6 is 0 Å². The van der Waals surface area contributed by atoms with Crippen molar-refractivity contribution in [2.24, 2.45) is 5.92 Å². The molecule has 0 radical (unpaired) electrons. The Morgan fingerprint density at radius 1 is 1.62 bits per heavy atom. The van der Waals surface area contributed by atoms with Crippen molar-refractivity contribution >= 4 is 5.82 Å². The van der Waals surface area contributed by atoms with Gasteiger partial charge in [-0.1, -0.05) is 0 Å². The zero-order valence-electron chi connectivity index (χ0n) is 9.27. The maximum Gasteiger partial charge on any atom is 0.126 e. The van der Waals surface area contributed by atoms with Gasteiger partial charge >= 0.3 is 0 Å². The molecule has 1 heterocycles. The summed E-state index contributed by atoms with van der Waals surface area (Å²) in [4.78, 5) is 4.15. The summed E-state index contributed by atoms with van der Waals surface area (Å²) in [5, 5.41) is 21.3. The molecule has 1 aliphatic carbocycles. The Morgan fingerprint density at radius 2 is 2.38 bits per heavy atom. The Balaban J connectivity index is 2.10. The van der Waals surface area contributed by atoms with E-state index in [9.17, 15) is 5.11 Å². The van der Waals surface area contributed by atoms with Crippen molar-refractivity contribution in [1.82, 2.24) is 4.98 Å². The van der Waals surface area contributed by atoms with Crippen molar-refractivity contribution in [3.8, 4) is 6.07 Å². The number of nitriles is 1. The lowest BCUT2D eigenvalue weighted by molar-refractivity contribution is 0.205. The van der Waals surface area contributed by atoms with E-state index in [4.69, 9.17) is 5.26 Å². The SMILES string of the molecule is CC(CO)(Nc1ccc(C#N)cn1)C1CC1. The lowest BCUT2D eigenvalue weighted by Gasteiger charge is -2.29. The lowest BCUT2D eigenvalue weighted by Crippen LogP contribution is -2.41. The molecular formula is C12H15N3O. The van der Waals surface area contributed by atoms with Gasteiger partial charge in [-0.3, -0.25) is 0 Å². The molecule has 16 heavy (non-hydrogen) atoms. The molecule has 1 unspecified atom stereocenters. The molecule has 2 rings (SSSR count). The molecule has 1 aromatic rings. The summed E-state index contributed by atoms with van der Waals surface area (Å²) in [5.41, 5.74) is 0.254. The molecule has 2 N–H and O–H groups in total. The summed E-state index contributed by atoms with van der Waals surface area (Å²) < 4.78 is 0. The number of nitrogens with one attached hydrogen (secondary N) is 1. The van der Waals surface area contributed by atoms with Gasteiger partial charge in [0.15, 0.2) is 0 Å². The summed E-state index contributed by atoms with van der Waals surface area (Å²) in [6.07, 6.45) is 3.84. The number of aromatic nitrogens is 1. The van der Waals surface area contributed by atoms with Gasteiger partial charge in [0.05, 0.1) is 17.7 Å². The van der Waals surface area contributed by atoms with Crippen LogP contribution < -0.4 is 5.32 Å². The van der Waals surface area contributed by atoms with Crippen LogP contribution in [0.5, 0.6) is 0 Å². The van der Waals surface area contributed by atoms with E-state index in [0.717, 1.165) is 12.8 Å². The number of hydrogen-bond acceptors (Lipinski definition) is 4. The Hall–Kier alpha value is -1.60. The third-order valence-electron chi connectivity index (χ3n) is 3.11. The first-order valence-corrected chi connectivity index (χ1v) is 5.43. The molecule has 0 saturated heterocycles. The summed E-state index contributed by atoms with van der Waals surface area (Å²) in [6, 6.07) is 5.52. The van der Waals surface area contributed by atoms with Crippen LogP contribution in [0.3, 0.4) is 0 Å². The highest BCUT2D eigenvalue weighted by Crippen LogP contribution is 2.40. The first-order valence-electron chi connectivity index (χ1n) is 5.43. The molecule has 0 spiro atoms. The fourth-order valence-corrected chi connectivity index (χ4v) is 1.82. The standard InChI is InChI=1S/C12H15N3O/c1-12(8-16,10-3-4-10)15-11-5-2-9(6-13)7-14-11/h2,5,7,10,16H,3-4,8H2,1H3,(H,14,15). The van der Waals surface area contributed by atoms with Crippen molar-refractivity contribution in [3.05, 3.63) is 23.9 Å². The molecular weight excluding hydrogens is 202 g/mol. The highest BCUT2D eigenvalue weighted by molar-refractivity contribution is 5.41. The Labute approximate surface area is 94.9 Å². The van der Waals surface area contributed by atoms with Gasteiger partial charge in [-0.25, -0.2) is 4.98 Å². The van der Waals surface area contributed by atoms with Gasteiger partial charge in [0, 0.05) is 6.20 Å². The van der Waals surface area contributed by atoms with Gasteiger partial charge in [0.25, 0.3) is 0 Å². The number of rotatable bonds is 4. The van der Waals surface area contributed by atoms with E-state index >= 15 is 0 Å². The summed E-state index contributed by atoms with van der Waals surface area (Å²) in [5.74, 6) is 1.23. The minimum absolute atomic E-state index is 0.0966. The van der Waals surface area contributed by atoms with Crippen molar-refractivity contribution in [3.63, 3.8) is 0 Å². The lowest BCUT2D eigenvalue weighted by atomic mass is 9.97. The maximum absolute atomic E-state index is 9.42. The predicted molar refractivity (Wildman–Crippen MR) is 60.8 cm³/mol. The molecule has 0 aromatic carbocycles. The molecule has 1 aliphatic rings. The molecule has 0 amide bonds. The zero-order valence-corrected chi connectivity index (χ0v) is 9.27. The zero-order chi connectivity index (χ0) is 11.6.